The van der Waals surface area contributed by atoms with Gasteiger partial charge in [0.2, 0.25) is 0 Å². The quantitative estimate of drug-likeness (QED) is 0.851. The number of rotatable bonds is 4. The minimum absolute atomic E-state index is 0.294. The van der Waals surface area contributed by atoms with Gasteiger partial charge in [-0.1, -0.05) is 23.7 Å². The maximum absolute atomic E-state index is 8.98. The second kappa shape index (κ2) is 6.12. The van der Waals surface area contributed by atoms with Gasteiger partial charge in [-0.3, -0.25) is 0 Å². The van der Waals surface area contributed by atoms with Crippen molar-refractivity contribution in [2.45, 2.75) is 6.61 Å². The van der Waals surface area contributed by atoms with Crippen molar-refractivity contribution < 1.29 is 9.47 Å². The number of halogens is 1. The Morgan fingerprint density at radius 2 is 1.95 bits per heavy atom. The fourth-order valence-corrected chi connectivity index (χ4v) is 1.90. The molecular formula is C15H12ClNO2. The maximum Gasteiger partial charge on any atom is 0.137 e. The lowest BCUT2D eigenvalue weighted by atomic mass is 10.2. The standard InChI is InChI=1S/C15H12ClNO2/c1-18-14-7-6-13(16)8-12(14)10-19-15-5-3-2-4-11(15)9-17/h2-8H,10H2,1H3. The number of benzene rings is 2. The van der Waals surface area contributed by atoms with Gasteiger partial charge in [0.1, 0.15) is 24.2 Å². The Labute approximate surface area is 117 Å². The summed E-state index contributed by atoms with van der Waals surface area (Å²) in [6, 6.07) is 14.5. The molecule has 19 heavy (non-hydrogen) atoms. The van der Waals surface area contributed by atoms with Crippen LogP contribution in [0.1, 0.15) is 11.1 Å². The number of methoxy groups -OCH3 is 1. The van der Waals surface area contributed by atoms with Crippen molar-refractivity contribution in [3.8, 4) is 17.6 Å². The summed E-state index contributed by atoms with van der Waals surface area (Å²) in [5.74, 6) is 1.26. The number of nitriles is 1. The molecule has 0 saturated carbocycles. The van der Waals surface area contributed by atoms with E-state index < -0.39 is 0 Å². The molecule has 0 radical (unpaired) electrons. The lowest BCUT2D eigenvalue weighted by molar-refractivity contribution is 0.296. The molecule has 0 spiro atoms. The first kappa shape index (κ1) is 13.3. The first-order valence-electron chi connectivity index (χ1n) is 5.69. The molecule has 0 unspecified atom stereocenters. The molecule has 2 aromatic carbocycles. The van der Waals surface area contributed by atoms with Crippen LogP contribution in [0, 0.1) is 11.3 Å². The first-order valence-corrected chi connectivity index (χ1v) is 6.06. The average molecular weight is 274 g/mol. The maximum atomic E-state index is 8.98. The van der Waals surface area contributed by atoms with E-state index in [0.29, 0.717) is 28.7 Å². The van der Waals surface area contributed by atoms with Gasteiger partial charge in [-0.15, -0.1) is 0 Å². The molecule has 2 rings (SSSR count). The van der Waals surface area contributed by atoms with E-state index in [-0.39, 0.29) is 0 Å². The molecule has 4 heteroatoms. The summed E-state index contributed by atoms with van der Waals surface area (Å²) >= 11 is 5.95. The molecule has 0 bridgehead atoms. The zero-order valence-corrected chi connectivity index (χ0v) is 11.1. The van der Waals surface area contributed by atoms with Crippen molar-refractivity contribution in [3.05, 3.63) is 58.6 Å². The summed E-state index contributed by atoms with van der Waals surface area (Å²) in [6.45, 7) is 0.294. The minimum Gasteiger partial charge on any atom is -0.496 e. The molecule has 0 aromatic heterocycles. The average Bonchev–Trinajstić information content (AvgIpc) is 2.45. The van der Waals surface area contributed by atoms with Crippen molar-refractivity contribution >= 4 is 11.6 Å². The van der Waals surface area contributed by atoms with Crippen LogP contribution in [0.3, 0.4) is 0 Å². The van der Waals surface area contributed by atoms with Crippen LogP contribution in [0.5, 0.6) is 11.5 Å². The molecule has 0 aliphatic carbocycles. The van der Waals surface area contributed by atoms with Crippen LogP contribution >= 0.6 is 11.6 Å². The predicted molar refractivity (Wildman–Crippen MR) is 73.5 cm³/mol. The second-order valence-electron chi connectivity index (χ2n) is 3.85. The largest absolute Gasteiger partial charge is 0.496 e. The van der Waals surface area contributed by atoms with Crippen molar-refractivity contribution in [2.75, 3.05) is 7.11 Å². The number of hydrogen-bond donors (Lipinski definition) is 0. The molecule has 0 aliphatic rings. The van der Waals surface area contributed by atoms with E-state index in [0.717, 1.165) is 5.56 Å². The molecule has 96 valence electrons. The number of hydrogen-bond acceptors (Lipinski definition) is 3. The second-order valence-corrected chi connectivity index (χ2v) is 4.29. The predicted octanol–water partition coefficient (Wildman–Crippen LogP) is 3.80. The van der Waals surface area contributed by atoms with Crippen LogP contribution < -0.4 is 9.47 Å². The van der Waals surface area contributed by atoms with Gasteiger partial charge in [-0.05, 0) is 30.3 Å². The van der Waals surface area contributed by atoms with Crippen LogP contribution in [0.25, 0.3) is 0 Å². The van der Waals surface area contributed by atoms with Crippen molar-refractivity contribution in [3.63, 3.8) is 0 Å². The Kier molecular flexibility index (Phi) is 4.27. The Hall–Kier alpha value is -2.18. The van der Waals surface area contributed by atoms with Crippen LogP contribution in [-0.2, 0) is 6.61 Å². The third-order valence-electron chi connectivity index (χ3n) is 2.63. The molecule has 0 aliphatic heterocycles. The Balaban J connectivity index is 2.19. The van der Waals surface area contributed by atoms with Crippen LogP contribution in [0.15, 0.2) is 42.5 Å². The smallest absolute Gasteiger partial charge is 0.137 e. The number of para-hydroxylation sites is 1. The highest BCUT2D eigenvalue weighted by atomic mass is 35.5. The van der Waals surface area contributed by atoms with Gasteiger partial charge in [0.15, 0.2) is 0 Å². The van der Waals surface area contributed by atoms with Gasteiger partial charge in [0.05, 0.1) is 12.7 Å². The molecule has 0 saturated heterocycles. The van der Waals surface area contributed by atoms with Gasteiger partial charge >= 0.3 is 0 Å². The summed E-state index contributed by atoms with van der Waals surface area (Å²) in [6.07, 6.45) is 0. The van der Waals surface area contributed by atoms with Crippen molar-refractivity contribution in [1.82, 2.24) is 0 Å². The minimum atomic E-state index is 0.294. The van der Waals surface area contributed by atoms with E-state index in [9.17, 15) is 0 Å². The zero-order chi connectivity index (χ0) is 13.7. The van der Waals surface area contributed by atoms with Gasteiger partial charge in [0, 0.05) is 10.6 Å². The molecule has 0 heterocycles. The van der Waals surface area contributed by atoms with Crippen LogP contribution in [0.2, 0.25) is 5.02 Å². The fourth-order valence-electron chi connectivity index (χ4n) is 1.70. The fraction of sp³-hybridized carbons (Fsp3) is 0.133. The number of ether oxygens (including phenoxy) is 2. The van der Waals surface area contributed by atoms with Gasteiger partial charge in [-0.2, -0.15) is 5.26 Å². The van der Waals surface area contributed by atoms with E-state index in [1.54, 1.807) is 43.5 Å². The monoisotopic (exact) mass is 273 g/mol. The molecule has 0 fully saturated rings. The van der Waals surface area contributed by atoms with Crippen molar-refractivity contribution in [2.24, 2.45) is 0 Å². The van der Waals surface area contributed by atoms with Gasteiger partial charge < -0.3 is 9.47 Å². The van der Waals surface area contributed by atoms with Gasteiger partial charge in [-0.25, -0.2) is 0 Å². The zero-order valence-electron chi connectivity index (χ0n) is 10.4. The lowest BCUT2D eigenvalue weighted by Crippen LogP contribution is -2.00. The van der Waals surface area contributed by atoms with E-state index >= 15 is 0 Å². The molecule has 0 atom stereocenters. The third-order valence-corrected chi connectivity index (χ3v) is 2.87. The Morgan fingerprint density at radius 1 is 1.16 bits per heavy atom. The Morgan fingerprint density at radius 3 is 2.68 bits per heavy atom. The summed E-state index contributed by atoms with van der Waals surface area (Å²) in [5, 5.41) is 9.60. The third kappa shape index (κ3) is 3.18. The van der Waals surface area contributed by atoms with Crippen LogP contribution in [-0.4, -0.2) is 7.11 Å². The highest BCUT2D eigenvalue weighted by Gasteiger charge is 2.07. The Bertz CT molecular complexity index is 620. The lowest BCUT2D eigenvalue weighted by Gasteiger charge is -2.11. The molecule has 0 amide bonds. The number of nitrogens with zero attached hydrogens (tertiary/aromatic N) is 1. The topological polar surface area (TPSA) is 42.2 Å². The van der Waals surface area contributed by atoms with E-state index in [1.165, 1.54) is 0 Å². The first-order chi connectivity index (χ1) is 9.24. The van der Waals surface area contributed by atoms with Crippen LogP contribution in [0.4, 0.5) is 0 Å². The SMILES string of the molecule is COc1ccc(Cl)cc1COc1ccccc1C#N. The van der Waals surface area contributed by atoms with Crippen molar-refractivity contribution in [1.29, 1.82) is 5.26 Å². The van der Waals surface area contributed by atoms with E-state index in [2.05, 4.69) is 6.07 Å². The van der Waals surface area contributed by atoms with E-state index in [4.69, 9.17) is 26.3 Å². The highest BCUT2D eigenvalue weighted by molar-refractivity contribution is 6.30. The highest BCUT2D eigenvalue weighted by Crippen LogP contribution is 2.25. The van der Waals surface area contributed by atoms with Gasteiger partial charge in [0.25, 0.3) is 0 Å². The molecule has 0 N–H and O–H groups in total. The molecule has 3 nitrogen and oxygen atoms in total. The normalized spacial score (nSPS) is 9.74. The molecule has 2 aromatic rings. The summed E-state index contributed by atoms with van der Waals surface area (Å²) in [7, 11) is 1.59. The van der Waals surface area contributed by atoms with E-state index in [1.807, 2.05) is 6.07 Å². The molecular weight excluding hydrogens is 262 g/mol. The summed E-state index contributed by atoms with van der Waals surface area (Å²) in [4.78, 5) is 0. The summed E-state index contributed by atoms with van der Waals surface area (Å²) in [5.41, 5.74) is 1.34. The summed E-state index contributed by atoms with van der Waals surface area (Å²) < 4.78 is 10.9.